The molecule has 0 saturated carbocycles. The van der Waals surface area contributed by atoms with Crippen LogP contribution in [-0.4, -0.2) is 32.8 Å². The van der Waals surface area contributed by atoms with E-state index in [1.165, 1.54) is 11.0 Å². The summed E-state index contributed by atoms with van der Waals surface area (Å²) in [5, 5.41) is 0. The summed E-state index contributed by atoms with van der Waals surface area (Å²) in [7, 11) is 3.09. The Hall–Kier alpha value is -1.07. The molecule has 19 heavy (non-hydrogen) atoms. The van der Waals surface area contributed by atoms with Crippen LogP contribution in [0.1, 0.15) is 29.8 Å². The molecular weight excluding hydrogens is 286 g/mol. The summed E-state index contributed by atoms with van der Waals surface area (Å²) >= 11 is 0. The van der Waals surface area contributed by atoms with E-state index >= 15 is 0 Å². The number of carbonyl (C=O) groups excluding carboxylic acids is 1. The monoisotopic (exact) mass is 303 g/mol. The molecule has 0 saturated heterocycles. The molecule has 0 bridgehead atoms. The largest absolute Gasteiger partial charge is 0.341 e. The van der Waals surface area contributed by atoms with Gasteiger partial charge in [-0.1, -0.05) is 25.5 Å². The molecule has 0 atom stereocenters. The van der Waals surface area contributed by atoms with Gasteiger partial charge in [0.1, 0.15) is 0 Å². The molecule has 0 aromatic heterocycles. The van der Waals surface area contributed by atoms with E-state index < -0.39 is 9.05 Å². The number of nitrogens with zero attached hydrogens (tertiary/aromatic N) is 1. The highest BCUT2D eigenvalue weighted by atomic mass is 35.7. The van der Waals surface area contributed by atoms with Crippen LogP contribution >= 0.6 is 10.7 Å². The summed E-state index contributed by atoms with van der Waals surface area (Å²) in [6.07, 6.45) is 0. The number of aryl methyl sites for hydroxylation is 1. The van der Waals surface area contributed by atoms with Gasteiger partial charge in [-0.25, -0.2) is 8.42 Å². The van der Waals surface area contributed by atoms with Crippen molar-refractivity contribution in [3.8, 4) is 0 Å². The molecule has 106 valence electrons. The smallest absolute Gasteiger partial charge is 0.262 e. The molecule has 0 heterocycles. The first kappa shape index (κ1) is 16.0. The number of hydrogen-bond acceptors (Lipinski definition) is 3. The van der Waals surface area contributed by atoms with Gasteiger partial charge in [0.05, 0.1) is 10.5 Å². The molecule has 0 aliphatic rings. The Morgan fingerprint density at radius 3 is 2.42 bits per heavy atom. The normalized spacial score (nSPS) is 11.7. The number of benzene rings is 1. The first-order chi connectivity index (χ1) is 8.62. The Morgan fingerprint density at radius 1 is 1.37 bits per heavy atom. The van der Waals surface area contributed by atoms with Crippen molar-refractivity contribution in [1.29, 1.82) is 0 Å². The van der Waals surface area contributed by atoms with Crippen LogP contribution in [0.3, 0.4) is 0 Å². The van der Waals surface area contributed by atoms with Gasteiger partial charge in [-0.3, -0.25) is 4.79 Å². The number of carbonyl (C=O) groups is 1. The van der Waals surface area contributed by atoms with Crippen molar-refractivity contribution in [3.05, 3.63) is 29.3 Å². The molecule has 0 aliphatic heterocycles. The lowest BCUT2D eigenvalue weighted by atomic mass is 10.1. The zero-order valence-electron chi connectivity index (χ0n) is 11.5. The lowest BCUT2D eigenvalue weighted by molar-refractivity contribution is 0.0775. The number of hydrogen-bond donors (Lipinski definition) is 0. The van der Waals surface area contributed by atoms with E-state index in [0.717, 1.165) is 5.56 Å². The molecule has 0 radical (unpaired) electrons. The van der Waals surface area contributed by atoms with E-state index in [9.17, 15) is 13.2 Å². The minimum Gasteiger partial charge on any atom is -0.341 e. The molecule has 0 unspecified atom stereocenters. The second-order valence-electron chi connectivity index (χ2n) is 5.02. The first-order valence-electron chi connectivity index (χ1n) is 5.93. The molecule has 1 rings (SSSR count). The van der Waals surface area contributed by atoms with Crippen molar-refractivity contribution in [2.45, 2.75) is 25.7 Å². The Bertz CT molecular complexity index is 582. The number of halogens is 1. The van der Waals surface area contributed by atoms with Gasteiger partial charge in [0.2, 0.25) is 0 Å². The Labute approximate surface area is 118 Å². The Morgan fingerprint density at radius 2 is 1.95 bits per heavy atom. The second kappa shape index (κ2) is 5.92. The van der Waals surface area contributed by atoms with Crippen molar-refractivity contribution in [3.63, 3.8) is 0 Å². The third kappa shape index (κ3) is 4.21. The molecule has 6 heteroatoms. The van der Waals surface area contributed by atoms with Crippen LogP contribution < -0.4 is 0 Å². The van der Waals surface area contributed by atoms with E-state index in [0.29, 0.717) is 12.5 Å². The van der Waals surface area contributed by atoms with Gasteiger partial charge in [-0.05, 0) is 25.0 Å². The third-order valence-electron chi connectivity index (χ3n) is 2.61. The van der Waals surface area contributed by atoms with Crippen LogP contribution in [-0.2, 0) is 9.05 Å². The summed E-state index contributed by atoms with van der Waals surface area (Å²) in [5.41, 5.74) is 0.934. The zero-order chi connectivity index (χ0) is 14.8. The first-order valence-corrected chi connectivity index (χ1v) is 8.24. The Balaban J connectivity index is 3.26. The summed E-state index contributed by atoms with van der Waals surface area (Å²) in [6, 6.07) is 4.54. The van der Waals surface area contributed by atoms with Gasteiger partial charge in [0.25, 0.3) is 15.0 Å². The van der Waals surface area contributed by atoms with E-state index in [-0.39, 0.29) is 16.4 Å². The van der Waals surface area contributed by atoms with Crippen LogP contribution in [0, 0.1) is 12.8 Å². The van der Waals surface area contributed by atoms with Crippen LogP contribution in [0.15, 0.2) is 23.1 Å². The van der Waals surface area contributed by atoms with E-state index in [2.05, 4.69) is 0 Å². The van der Waals surface area contributed by atoms with Gasteiger partial charge in [0.15, 0.2) is 0 Å². The van der Waals surface area contributed by atoms with E-state index in [4.69, 9.17) is 10.7 Å². The van der Waals surface area contributed by atoms with Crippen LogP contribution in [0.4, 0.5) is 0 Å². The topological polar surface area (TPSA) is 54.5 Å². The van der Waals surface area contributed by atoms with Crippen LogP contribution in [0.2, 0.25) is 0 Å². The average molecular weight is 304 g/mol. The average Bonchev–Trinajstić information content (AvgIpc) is 2.25. The van der Waals surface area contributed by atoms with Crippen LogP contribution in [0.25, 0.3) is 0 Å². The molecule has 1 aromatic carbocycles. The lowest BCUT2D eigenvalue weighted by Gasteiger charge is -2.20. The number of amides is 1. The van der Waals surface area contributed by atoms with Crippen molar-refractivity contribution in [2.24, 2.45) is 5.92 Å². The van der Waals surface area contributed by atoms with Crippen molar-refractivity contribution < 1.29 is 13.2 Å². The van der Waals surface area contributed by atoms with Gasteiger partial charge in [0, 0.05) is 24.3 Å². The molecular formula is C13H18ClNO3S. The fraction of sp³-hybridized carbons (Fsp3) is 0.462. The highest BCUT2D eigenvalue weighted by Gasteiger charge is 2.23. The number of rotatable bonds is 4. The summed E-state index contributed by atoms with van der Waals surface area (Å²) in [6.45, 7) is 6.32. The van der Waals surface area contributed by atoms with Gasteiger partial charge < -0.3 is 4.90 Å². The zero-order valence-corrected chi connectivity index (χ0v) is 13.0. The molecule has 0 N–H and O–H groups in total. The predicted molar refractivity (Wildman–Crippen MR) is 76.0 cm³/mol. The molecule has 1 aromatic rings. The van der Waals surface area contributed by atoms with Gasteiger partial charge >= 0.3 is 0 Å². The molecule has 1 amide bonds. The highest BCUT2D eigenvalue weighted by molar-refractivity contribution is 8.13. The van der Waals surface area contributed by atoms with Crippen molar-refractivity contribution in [1.82, 2.24) is 4.90 Å². The quantitative estimate of drug-likeness (QED) is 0.804. The maximum Gasteiger partial charge on any atom is 0.262 e. The Kier molecular flexibility index (Phi) is 4.98. The second-order valence-corrected chi connectivity index (χ2v) is 7.55. The van der Waals surface area contributed by atoms with Crippen molar-refractivity contribution >= 4 is 25.6 Å². The summed E-state index contributed by atoms with van der Waals surface area (Å²) < 4.78 is 23.0. The van der Waals surface area contributed by atoms with Gasteiger partial charge in [-0.15, -0.1) is 0 Å². The van der Waals surface area contributed by atoms with Crippen molar-refractivity contribution in [2.75, 3.05) is 13.6 Å². The predicted octanol–water partition coefficient (Wildman–Crippen LogP) is 2.65. The minimum atomic E-state index is -3.93. The molecule has 0 fully saturated rings. The maximum atomic E-state index is 12.3. The summed E-state index contributed by atoms with van der Waals surface area (Å²) in [4.78, 5) is 13.7. The van der Waals surface area contributed by atoms with E-state index in [1.807, 2.05) is 13.8 Å². The van der Waals surface area contributed by atoms with Gasteiger partial charge in [-0.2, -0.15) is 0 Å². The molecule has 0 spiro atoms. The minimum absolute atomic E-state index is 0.123. The standard InChI is InChI=1S/C13H18ClNO3S/c1-9(2)8-15(4)13(16)11-7-10(3)5-6-12(11)19(14,17)18/h5-7,9H,8H2,1-4H3. The van der Waals surface area contributed by atoms with Crippen LogP contribution in [0.5, 0.6) is 0 Å². The lowest BCUT2D eigenvalue weighted by Crippen LogP contribution is -2.31. The molecule has 4 nitrogen and oxygen atoms in total. The fourth-order valence-corrected chi connectivity index (χ4v) is 2.90. The summed E-state index contributed by atoms with van der Waals surface area (Å²) in [5.74, 6) is -0.0357. The maximum absolute atomic E-state index is 12.3. The highest BCUT2D eigenvalue weighted by Crippen LogP contribution is 2.22. The van der Waals surface area contributed by atoms with E-state index in [1.54, 1.807) is 26.1 Å². The third-order valence-corrected chi connectivity index (χ3v) is 3.99. The molecule has 0 aliphatic carbocycles. The SMILES string of the molecule is Cc1ccc(S(=O)(=O)Cl)c(C(=O)N(C)CC(C)C)c1. The fourth-order valence-electron chi connectivity index (χ4n) is 1.86.